The summed E-state index contributed by atoms with van der Waals surface area (Å²) < 4.78 is 16.4. The quantitative estimate of drug-likeness (QED) is 0.595. The Hall–Kier alpha value is -2.74. The van der Waals surface area contributed by atoms with Gasteiger partial charge in [-0.25, -0.2) is 4.98 Å². The Morgan fingerprint density at radius 1 is 1.00 bits per heavy atom. The molecule has 0 unspecified atom stereocenters. The summed E-state index contributed by atoms with van der Waals surface area (Å²) in [6, 6.07) is 6.13. The highest BCUT2D eigenvalue weighted by Gasteiger charge is 2.22. The lowest BCUT2D eigenvalue weighted by Crippen LogP contribution is -2.31. The van der Waals surface area contributed by atoms with Gasteiger partial charge in [-0.1, -0.05) is 0 Å². The van der Waals surface area contributed by atoms with Crippen LogP contribution in [-0.4, -0.2) is 58.0 Å². The lowest BCUT2D eigenvalue weighted by atomic mass is 9.86. The molecular weight excluding hydrogens is 394 g/mol. The van der Waals surface area contributed by atoms with Crippen LogP contribution in [0.4, 0.5) is 11.8 Å². The van der Waals surface area contributed by atoms with Gasteiger partial charge in [0.15, 0.2) is 0 Å². The van der Waals surface area contributed by atoms with Gasteiger partial charge >= 0.3 is 0 Å². The molecule has 1 heterocycles. The van der Waals surface area contributed by atoms with E-state index in [1.165, 1.54) is 12.8 Å². The van der Waals surface area contributed by atoms with Crippen LogP contribution in [0.5, 0.6) is 17.2 Å². The first kappa shape index (κ1) is 22.9. The average Bonchev–Trinajstić information content (AvgIpc) is 2.80. The summed E-state index contributed by atoms with van der Waals surface area (Å²) in [6.07, 6.45) is 6.40. The van der Waals surface area contributed by atoms with E-state index in [1.807, 2.05) is 43.4 Å². The highest BCUT2D eigenvalue weighted by Crippen LogP contribution is 2.34. The van der Waals surface area contributed by atoms with Gasteiger partial charge in [0.25, 0.3) is 0 Å². The molecule has 0 amide bonds. The number of anilines is 2. The van der Waals surface area contributed by atoms with Crippen LogP contribution in [0, 0.1) is 5.92 Å². The van der Waals surface area contributed by atoms with Crippen molar-refractivity contribution in [2.75, 3.05) is 52.2 Å². The molecule has 1 aromatic carbocycles. The van der Waals surface area contributed by atoms with Crippen molar-refractivity contribution < 1.29 is 14.2 Å². The van der Waals surface area contributed by atoms with Crippen molar-refractivity contribution in [3.05, 3.63) is 30.0 Å². The van der Waals surface area contributed by atoms with Gasteiger partial charge in [-0.15, -0.1) is 0 Å². The molecule has 0 spiro atoms. The molecule has 1 fully saturated rings. The number of aromatic nitrogens is 2. The summed E-state index contributed by atoms with van der Waals surface area (Å²) in [5, 5.41) is 7.10. The van der Waals surface area contributed by atoms with Crippen LogP contribution >= 0.6 is 0 Å². The SMILES string of the molecule is COc1cc(OC)c(CNC[C@H]2CC[C@@H](Nc3nccc(N(C)C)n3)CC2)c(OC)c1. The predicted octanol–water partition coefficient (Wildman–Crippen LogP) is 3.33. The molecule has 1 aromatic heterocycles. The normalized spacial score (nSPS) is 18.4. The third-order valence-corrected chi connectivity index (χ3v) is 5.83. The third-order valence-electron chi connectivity index (χ3n) is 5.83. The van der Waals surface area contributed by atoms with Gasteiger partial charge in [-0.05, 0) is 44.2 Å². The number of nitrogens with one attached hydrogen (secondary N) is 2. The molecule has 0 aliphatic heterocycles. The molecule has 8 heteroatoms. The maximum Gasteiger partial charge on any atom is 0.224 e. The Morgan fingerprint density at radius 3 is 2.26 bits per heavy atom. The van der Waals surface area contributed by atoms with Gasteiger partial charge in [0.2, 0.25) is 5.95 Å². The van der Waals surface area contributed by atoms with Crippen molar-refractivity contribution in [1.29, 1.82) is 0 Å². The molecule has 1 saturated carbocycles. The van der Waals surface area contributed by atoms with Crippen molar-refractivity contribution in [3.8, 4) is 17.2 Å². The molecule has 31 heavy (non-hydrogen) atoms. The van der Waals surface area contributed by atoms with Gasteiger partial charge in [0, 0.05) is 45.0 Å². The number of hydrogen-bond donors (Lipinski definition) is 2. The van der Waals surface area contributed by atoms with Gasteiger partial charge in [-0.2, -0.15) is 4.98 Å². The summed E-state index contributed by atoms with van der Waals surface area (Å²) in [5.74, 6) is 4.56. The molecule has 2 aromatic rings. The van der Waals surface area contributed by atoms with E-state index in [4.69, 9.17) is 14.2 Å². The summed E-state index contributed by atoms with van der Waals surface area (Å²) in [6.45, 7) is 1.66. The van der Waals surface area contributed by atoms with Crippen LogP contribution in [0.25, 0.3) is 0 Å². The fourth-order valence-electron chi connectivity index (χ4n) is 4.01. The van der Waals surface area contributed by atoms with Gasteiger partial charge < -0.3 is 29.7 Å². The van der Waals surface area contributed by atoms with Crippen LogP contribution in [-0.2, 0) is 6.54 Å². The molecule has 1 aliphatic rings. The molecule has 8 nitrogen and oxygen atoms in total. The topological polar surface area (TPSA) is 80.8 Å². The Morgan fingerprint density at radius 2 is 1.68 bits per heavy atom. The number of ether oxygens (including phenoxy) is 3. The number of methoxy groups -OCH3 is 3. The fourth-order valence-corrected chi connectivity index (χ4v) is 4.01. The first-order valence-electron chi connectivity index (χ1n) is 10.8. The van der Waals surface area contributed by atoms with Crippen LogP contribution in [0.15, 0.2) is 24.4 Å². The lowest BCUT2D eigenvalue weighted by molar-refractivity contribution is 0.320. The minimum atomic E-state index is 0.426. The highest BCUT2D eigenvalue weighted by molar-refractivity contribution is 5.50. The van der Waals surface area contributed by atoms with E-state index in [2.05, 4.69) is 20.6 Å². The van der Waals surface area contributed by atoms with Crippen molar-refractivity contribution in [3.63, 3.8) is 0 Å². The largest absolute Gasteiger partial charge is 0.496 e. The van der Waals surface area contributed by atoms with Gasteiger partial charge in [0.05, 0.1) is 26.9 Å². The summed E-state index contributed by atoms with van der Waals surface area (Å²) in [7, 11) is 8.96. The van der Waals surface area contributed by atoms with Crippen LogP contribution in [0.3, 0.4) is 0 Å². The summed E-state index contributed by atoms with van der Waals surface area (Å²) in [5.41, 5.74) is 1.01. The smallest absolute Gasteiger partial charge is 0.224 e. The minimum absolute atomic E-state index is 0.426. The first-order chi connectivity index (χ1) is 15.0. The minimum Gasteiger partial charge on any atom is -0.496 e. The Labute approximate surface area is 185 Å². The average molecular weight is 430 g/mol. The molecule has 0 radical (unpaired) electrons. The second-order valence-electron chi connectivity index (χ2n) is 8.14. The van der Waals surface area contributed by atoms with Crippen molar-refractivity contribution >= 4 is 11.8 Å². The second kappa shape index (κ2) is 11.0. The van der Waals surface area contributed by atoms with E-state index in [9.17, 15) is 0 Å². The van der Waals surface area contributed by atoms with Crippen LogP contribution < -0.4 is 29.7 Å². The molecule has 0 saturated heterocycles. The van der Waals surface area contributed by atoms with Crippen LogP contribution in [0.2, 0.25) is 0 Å². The Balaban J connectivity index is 1.47. The number of nitrogens with zero attached hydrogens (tertiary/aromatic N) is 3. The zero-order valence-electron chi connectivity index (χ0n) is 19.3. The van der Waals surface area contributed by atoms with Gasteiger partial charge in [0.1, 0.15) is 23.1 Å². The van der Waals surface area contributed by atoms with E-state index in [0.29, 0.717) is 24.5 Å². The van der Waals surface area contributed by atoms with E-state index < -0.39 is 0 Å². The van der Waals surface area contributed by atoms with Gasteiger partial charge in [-0.3, -0.25) is 0 Å². The van der Waals surface area contributed by atoms with Crippen LogP contribution in [0.1, 0.15) is 31.2 Å². The molecular formula is C23H35N5O3. The molecule has 3 rings (SSSR count). The summed E-state index contributed by atoms with van der Waals surface area (Å²) >= 11 is 0. The standard InChI is InChI=1S/C23H35N5O3/c1-28(2)22-10-11-25-23(27-22)26-17-8-6-16(7-9-17)14-24-15-19-20(30-4)12-18(29-3)13-21(19)31-5/h10-13,16-17,24H,6-9,14-15H2,1-5H3,(H,25,26,27)/t16-,17+. The molecule has 0 atom stereocenters. The fraction of sp³-hybridized carbons (Fsp3) is 0.565. The maximum absolute atomic E-state index is 5.54. The van der Waals surface area contributed by atoms with E-state index in [-0.39, 0.29) is 0 Å². The van der Waals surface area contributed by atoms with E-state index >= 15 is 0 Å². The van der Waals surface area contributed by atoms with Crippen molar-refractivity contribution in [2.24, 2.45) is 5.92 Å². The predicted molar refractivity (Wildman–Crippen MR) is 124 cm³/mol. The first-order valence-corrected chi connectivity index (χ1v) is 10.8. The second-order valence-corrected chi connectivity index (χ2v) is 8.14. The third kappa shape index (κ3) is 6.13. The molecule has 2 N–H and O–H groups in total. The van der Waals surface area contributed by atoms with Crippen molar-refractivity contribution in [2.45, 2.75) is 38.3 Å². The Kier molecular flexibility index (Phi) is 8.17. The molecule has 170 valence electrons. The van der Waals surface area contributed by atoms with Crippen molar-refractivity contribution in [1.82, 2.24) is 15.3 Å². The number of benzene rings is 1. The van der Waals surface area contributed by atoms with E-state index in [1.54, 1.807) is 21.3 Å². The van der Waals surface area contributed by atoms with E-state index in [0.717, 1.165) is 48.0 Å². The highest BCUT2D eigenvalue weighted by atomic mass is 16.5. The number of rotatable bonds is 10. The zero-order chi connectivity index (χ0) is 22.2. The molecule has 1 aliphatic carbocycles. The Bertz CT molecular complexity index is 813. The lowest BCUT2D eigenvalue weighted by Gasteiger charge is -2.29. The monoisotopic (exact) mass is 429 g/mol. The zero-order valence-corrected chi connectivity index (χ0v) is 19.3. The molecule has 0 bridgehead atoms. The maximum atomic E-state index is 5.54. The summed E-state index contributed by atoms with van der Waals surface area (Å²) in [4.78, 5) is 10.9. The number of hydrogen-bond acceptors (Lipinski definition) is 8.